The van der Waals surface area contributed by atoms with Crippen LogP contribution in [-0.4, -0.2) is 29.3 Å². The van der Waals surface area contributed by atoms with E-state index in [4.69, 9.17) is 0 Å². The Kier molecular flexibility index (Phi) is 4.07. The maximum Gasteiger partial charge on any atom is 0.262 e. The standard InChI is InChI=1S/C12H14BrN3O2S/c1-15-8-12(14-9-15)19(17,18)16(2)7-10-5-3-4-6-11(10)13/h3-6,8-9H,7H2,1-2H3. The molecule has 0 spiro atoms. The molecule has 0 amide bonds. The van der Waals surface area contributed by atoms with E-state index in [1.807, 2.05) is 24.3 Å². The third-order valence-corrected chi connectivity index (χ3v) is 5.17. The topological polar surface area (TPSA) is 55.2 Å². The van der Waals surface area contributed by atoms with Crippen LogP contribution in [0.5, 0.6) is 0 Å². The first-order valence-electron chi connectivity index (χ1n) is 5.59. The van der Waals surface area contributed by atoms with Gasteiger partial charge >= 0.3 is 0 Å². The average Bonchev–Trinajstić information content (AvgIpc) is 2.79. The van der Waals surface area contributed by atoms with Crippen LogP contribution in [0.4, 0.5) is 0 Å². The molecule has 1 heterocycles. The van der Waals surface area contributed by atoms with E-state index in [-0.39, 0.29) is 5.03 Å². The third kappa shape index (κ3) is 3.05. The Bertz CT molecular complexity index is 682. The zero-order valence-electron chi connectivity index (χ0n) is 10.6. The highest BCUT2D eigenvalue weighted by atomic mass is 79.9. The monoisotopic (exact) mass is 343 g/mol. The molecule has 0 bridgehead atoms. The molecule has 5 nitrogen and oxygen atoms in total. The second-order valence-corrected chi connectivity index (χ2v) is 7.08. The Labute approximate surface area is 121 Å². The first-order valence-corrected chi connectivity index (χ1v) is 7.82. The second kappa shape index (κ2) is 5.44. The van der Waals surface area contributed by atoms with Crippen LogP contribution in [0.2, 0.25) is 0 Å². The third-order valence-electron chi connectivity index (χ3n) is 2.71. The van der Waals surface area contributed by atoms with E-state index in [1.165, 1.54) is 16.8 Å². The molecule has 0 saturated carbocycles. The number of aryl methyl sites for hydroxylation is 1. The van der Waals surface area contributed by atoms with Gasteiger partial charge in [-0.15, -0.1) is 0 Å². The highest BCUT2D eigenvalue weighted by molar-refractivity contribution is 9.10. The molecule has 0 aliphatic rings. The Hall–Kier alpha value is -1.18. The summed E-state index contributed by atoms with van der Waals surface area (Å²) in [5.74, 6) is 0. The second-order valence-electron chi connectivity index (χ2n) is 4.23. The van der Waals surface area contributed by atoms with Crippen LogP contribution in [0, 0.1) is 0 Å². The highest BCUT2D eigenvalue weighted by Gasteiger charge is 2.23. The van der Waals surface area contributed by atoms with E-state index >= 15 is 0 Å². The fourth-order valence-electron chi connectivity index (χ4n) is 1.63. The molecule has 0 aliphatic heterocycles. The molecule has 2 aromatic rings. The predicted octanol–water partition coefficient (Wildman–Crippen LogP) is 2.00. The van der Waals surface area contributed by atoms with Gasteiger partial charge in [0.05, 0.1) is 6.33 Å². The molecule has 1 aromatic carbocycles. The normalized spacial score (nSPS) is 12.0. The number of hydrogen-bond donors (Lipinski definition) is 0. The summed E-state index contributed by atoms with van der Waals surface area (Å²) in [6.07, 6.45) is 2.96. The molecule has 0 N–H and O–H groups in total. The highest BCUT2D eigenvalue weighted by Crippen LogP contribution is 2.20. The summed E-state index contributed by atoms with van der Waals surface area (Å²) in [6, 6.07) is 7.53. The maximum absolute atomic E-state index is 12.3. The van der Waals surface area contributed by atoms with Gasteiger partial charge in [-0.1, -0.05) is 34.1 Å². The first-order chi connectivity index (χ1) is 8.91. The molecule has 0 atom stereocenters. The number of rotatable bonds is 4. The van der Waals surface area contributed by atoms with Crippen molar-refractivity contribution >= 4 is 26.0 Å². The fraction of sp³-hybridized carbons (Fsp3) is 0.250. The fourth-order valence-corrected chi connectivity index (χ4v) is 3.15. The van der Waals surface area contributed by atoms with E-state index < -0.39 is 10.0 Å². The molecule has 0 fully saturated rings. The minimum atomic E-state index is -3.55. The molecule has 0 radical (unpaired) electrons. The number of imidazole rings is 1. The van der Waals surface area contributed by atoms with Gasteiger partial charge < -0.3 is 4.57 Å². The molecule has 102 valence electrons. The summed E-state index contributed by atoms with van der Waals surface area (Å²) < 4.78 is 28.4. The summed E-state index contributed by atoms with van der Waals surface area (Å²) in [5, 5.41) is 0.0598. The van der Waals surface area contributed by atoms with E-state index in [9.17, 15) is 8.42 Å². The van der Waals surface area contributed by atoms with Crippen LogP contribution in [0.25, 0.3) is 0 Å². The quantitative estimate of drug-likeness (QED) is 0.853. The van der Waals surface area contributed by atoms with E-state index in [0.717, 1.165) is 10.0 Å². The van der Waals surface area contributed by atoms with Gasteiger partial charge in [0.15, 0.2) is 5.03 Å². The van der Waals surface area contributed by atoms with Gasteiger partial charge in [0.2, 0.25) is 0 Å². The Morgan fingerprint density at radius 1 is 1.37 bits per heavy atom. The number of nitrogens with zero attached hydrogens (tertiary/aromatic N) is 3. The van der Waals surface area contributed by atoms with Crippen molar-refractivity contribution in [2.75, 3.05) is 7.05 Å². The Morgan fingerprint density at radius 3 is 2.63 bits per heavy atom. The molecule has 7 heteroatoms. The van der Waals surface area contributed by atoms with Crippen LogP contribution in [0.3, 0.4) is 0 Å². The number of benzene rings is 1. The van der Waals surface area contributed by atoms with Gasteiger partial charge in [-0.05, 0) is 11.6 Å². The van der Waals surface area contributed by atoms with E-state index in [2.05, 4.69) is 20.9 Å². The molecular formula is C12H14BrN3O2S. The zero-order chi connectivity index (χ0) is 14.0. The lowest BCUT2D eigenvalue weighted by atomic mass is 10.2. The van der Waals surface area contributed by atoms with Crippen LogP contribution >= 0.6 is 15.9 Å². The molecule has 0 unspecified atom stereocenters. The van der Waals surface area contributed by atoms with Crippen molar-refractivity contribution in [1.82, 2.24) is 13.9 Å². The van der Waals surface area contributed by atoms with Crippen molar-refractivity contribution in [1.29, 1.82) is 0 Å². The molecule has 2 rings (SSSR count). The number of halogens is 1. The van der Waals surface area contributed by atoms with E-state index in [0.29, 0.717) is 6.54 Å². The largest absolute Gasteiger partial charge is 0.339 e. The lowest BCUT2D eigenvalue weighted by Crippen LogP contribution is -2.27. The maximum atomic E-state index is 12.3. The van der Waals surface area contributed by atoms with Crippen molar-refractivity contribution in [3.05, 3.63) is 46.8 Å². The van der Waals surface area contributed by atoms with Gasteiger partial charge in [0.1, 0.15) is 0 Å². The van der Waals surface area contributed by atoms with Crippen LogP contribution in [0.1, 0.15) is 5.56 Å². The van der Waals surface area contributed by atoms with Crippen molar-refractivity contribution in [2.45, 2.75) is 11.6 Å². The Morgan fingerprint density at radius 2 is 2.05 bits per heavy atom. The van der Waals surface area contributed by atoms with Crippen molar-refractivity contribution in [2.24, 2.45) is 7.05 Å². The summed E-state index contributed by atoms with van der Waals surface area (Å²) >= 11 is 3.41. The zero-order valence-corrected chi connectivity index (χ0v) is 13.0. The summed E-state index contributed by atoms with van der Waals surface area (Å²) in [7, 11) is -0.272. The molecule has 19 heavy (non-hydrogen) atoms. The molecule has 0 saturated heterocycles. The van der Waals surface area contributed by atoms with Gasteiger partial charge in [-0.3, -0.25) is 0 Å². The average molecular weight is 344 g/mol. The van der Waals surface area contributed by atoms with Gasteiger partial charge in [0.25, 0.3) is 10.0 Å². The number of sulfonamides is 1. The predicted molar refractivity (Wildman–Crippen MR) is 76.0 cm³/mol. The Balaban J connectivity index is 2.25. The van der Waals surface area contributed by atoms with Gasteiger partial charge in [0, 0.05) is 31.3 Å². The van der Waals surface area contributed by atoms with Crippen molar-refractivity contribution in [3.63, 3.8) is 0 Å². The van der Waals surface area contributed by atoms with Crippen molar-refractivity contribution < 1.29 is 8.42 Å². The smallest absolute Gasteiger partial charge is 0.262 e. The van der Waals surface area contributed by atoms with Crippen LogP contribution in [-0.2, 0) is 23.6 Å². The van der Waals surface area contributed by atoms with E-state index in [1.54, 1.807) is 18.7 Å². The minimum absolute atomic E-state index is 0.0598. The number of aromatic nitrogens is 2. The molecular weight excluding hydrogens is 330 g/mol. The lowest BCUT2D eigenvalue weighted by molar-refractivity contribution is 0.463. The number of hydrogen-bond acceptors (Lipinski definition) is 3. The van der Waals surface area contributed by atoms with Gasteiger partial charge in [-0.2, -0.15) is 4.31 Å². The summed E-state index contributed by atoms with van der Waals surface area (Å²) in [5.41, 5.74) is 0.907. The summed E-state index contributed by atoms with van der Waals surface area (Å²) in [4.78, 5) is 3.89. The SMILES string of the molecule is CN(Cc1ccccc1Br)S(=O)(=O)c1cn(C)cn1. The van der Waals surface area contributed by atoms with Crippen molar-refractivity contribution in [3.8, 4) is 0 Å². The molecule has 1 aromatic heterocycles. The summed E-state index contributed by atoms with van der Waals surface area (Å²) in [6.45, 7) is 0.292. The van der Waals surface area contributed by atoms with Crippen LogP contribution < -0.4 is 0 Å². The minimum Gasteiger partial charge on any atom is -0.339 e. The first kappa shape index (κ1) is 14.2. The van der Waals surface area contributed by atoms with Gasteiger partial charge in [-0.25, -0.2) is 13.4 Å². The molecule has 0 aliphatic carbocycles. The lowest BCUT2D eigenvalue weighted by Gasteiger charge is -2.16. The van der Waals surface area contributed by atoms with Crippen LogP contribution in [0.15, 0.2) is 46.3 Å².